The number of amides is 1. The van der Waals surface area contributed by atoms with Crippen LogP contribution in [0.1, 0.15) is 21.7 Å². The molecule has 2 aromatic rings. The van der Waals surface area contributed by atoms with Crippen molar-refractivity contribution < 1.29 is 19.0 Å². The molecule has 0 aromatic carbocycles. The zero-order chi connectivity index (χ0) is 17.0. The molecule has 1 amide bonds. The molecule has 0 bridgehead atoms. The predicted octanol–water partition coefficient (Wildman–Crippen LogP) is 0.485. The van der Waals surface area contributed by atoms with E-state index in [0.717, 1.165) is 0 Å². The largest absolute Gasteiger partial charge is 0.481 e. The summed E-state index contributed by atoms with van der Waals surface area (Å²) in [6.07, 6.45) is 0. The summed E-state index contributed by atoms with van der Waals surface area (Å²) >= 11 is 0. The molecule has 0 aliphatic heterocycles. The summed E-state index contributed by atoms with van der Waals surface area (Å²) in [4.78, 5) is 19.5. The molecular weight excluding hydrogens is 302 g/mol. The van der Waals surface area contributed by atoms with Crippen molar-refractivity contribution in [1.82, 2.24) is 19.7 Å². The fourth-order valence-corrected chi connectivity index (χ4v) is 2.15. The zero-order valence-electron chi connectivity index (χ0n) is 13.5. The quantitative estimate of drug-likeness (QED) is 0.789. The average molecular weight is 321 g/mol. The van der Waals surface area contributed by atoms with Gasteiger partial charge >= 0.3 is 6.01 Å². The highest BCUT2D eigenvalue weighted by molar-refractivity contribution is 5.95. The first-order chi connectivity index (χ1) is 11.0. The third-order valence-corrected chi connectivity index (χ3v) is 3.24. The molecule has 9 nitrogen and oxygen atoms in total. The first-order valence-corrected chi connectivity index (χ1v) is 6.90. The Hall–Kier alpha value is -2.84. The molecule has 0 atom stereocenters. The van der Waals surface area contributed by atoms with E-state index in [9.17, 15) is 4.79 Å². The molecule has 0 spiro atoms. The van der Waals surface area contributed by atoms with E-state index in [4.69, 9.17) is 19.9 Å². The Morgan fingerprint density at radius 2 is 1.83 bits per heavy atom. The molecule has 0 fully saturated rings. The lowest BCUT2D eigenvalue weighted by molar-refractivity contribution is 0.0999. The van der Waals surface area contributed by atoms with Gasteiger partial charge in [-0.2, -0.15) is 15.1 Å². The molecule has 0 unspecified atom stereocenters. The van der Waals surface area contributed by atoms with Crippen molar-refractivity contribution in [2.24, 2.45) is 5.73 Å². The van der Waals surface area contributed by atoms with E-state index in [2.05, 4.69) is 15.1 Å². The highest BCUT2D eigenvalue weighted by atomic mass is 16.5. The van der Waals surface area contributed by atoms with Crippen LogP contribution in [0, 0.1) is 13.8 Å². The standard InChI is InChI=1S/C14H19N5O4/c1-8-12(13(15)20)9(2)19(18-8)5-6-23-14-16-10(21-3)7-11(17-14)22-4/h7H,5-6H2,1-4H3,(H2,15,20). The Labute approximate surface area is 133 Å². The van der Waals surface area contributed by atoms with Gasteiger partial charge in [0.25, 0.3) is 5.91 Å². The lowest BCUT2D eigenvalue weighted by Gasteiger charge is -2.08. The van der Waals surface area contributed by atoms with E-state index in [1.54, 1.807) is 24.6 Å². The summed E-state index contributed by atoms with van der Waals surface area (Å²) in [5.41, 5.74) is 7.06. The number of nitrogens with zero attached hydrogens (tertiary/aromatic N) is 4. The molecule has 0 radical (unpaired) electrons. The zero-order valence-corrected chi connectivity index (χ0v) is 13.5. The minimum atomic E-state index is -0.493. The Morgan fingerprint density at radius 3 is 2.30 bits per heavy atom. The predicted molar refractivity (Wildman–Crippen MR) is 80.8 cm³/mol. The molecule has 2 heterocycles. The number of nitrogens with two attached hydrogens (primary N) is 1. The van der Waals surface area contributed by atoms with Crippen molar-refractivity contribution in [2.45, 2.75) is 20.4 Å². The maximum atomic E-state index is 11.4. The van der Waals surface area contributed by atoms with Crippen molar-refractivity contribution in [2.75, 3.05) is 20.8 Å². The first-order valence-electron chi connectivity index (χ1n) is 6.90. The SMILES string of the molecule is COc1cc(OC)nc(OCCn2nc(C)c(C(N)=O)c2C)n1. The van der Waals surface area contributed by atoms with Crippen LogP contribution >= 0.6 is 0 Å². The molecule has 2 N–H and O–H groups in total. The lowest BCUT2D eigenvalue weighted by atomic mass is 10.2. The van der Waals surface area contributed by atoms with E-state index >= 15 is 0 Å². The molecule has 2 rings (SSSR count). The fraction of sp³-hybridized carbons (Fsp3) is 0.429. The molecule has 23 heavy (non-hydrogen) atoms. The molecule has 0 saturated heterocycles. The third kappa shape index (κ3) is 3.68. The van der Waals surface area contributed by atoms with Gasteiger partial charge in [-0.3, -0.25) is 9.48 Å². The van der Waals surface area contributed by atoms with E-state index < -0.39 is 5.91 Å². The van der Waals surface area contributed by atoms with Crippen molar-refractivity contribution in [3.05, 3.63) is 23.0 Å². The van der Waals surface area contributed by atoms with Crippen molar-refractivity contribution in [3.63, 3.8) is 0 Å². The third-order valence-electron chi connectivity index (χ3n) is 3.24. The molecule has 0 saturated carbocycles. The second kappa shape index (κ2) is 6.95. The highest BCUT2D eigenvalue weighted by Gasteiger charge is 2.16. The number of hydrogen-bond acceptors (Lipinski definition) is 7. The van der Waals surface area contributed by atoms with E-state index in [-0.39, 0.29) is 12.6 Å². The first kappa shape index (κ1) is 16.5. The molecule has 0 aliphatic rings. The minimum Gasteiger partial charge on any atom is -0.481 e. The normalized spacial score (nSPS) is 10.4. The second-order valence-electron chi connectivity index (χ2n) is 4.72. The number of rotatable bonds is 7. The van der Waals surface area contributed by atoms with Crippen molar-refractivity contribution in [3.8, 4) is 17.8 Å². The van der Waals surface area contributed by atoms with E-state index in [1.165, 1.54) is 14.2 Å². The van der Waals surface area contributed by atoms with Gasteiger partial charge in [-0.1, -0.05) is 0 Å². The Bertz CT molecular complexity index is 691. The molecule has 0 aliphatic carbocycles. The maximum absolute atomic E-state index is 11.4. The second-order valence-corrected chi connectivity index (χ2v) is 4.72. The van der Waals surface area contributed by atoms with Gasteiger partial charge in [0.2, 0.25) is 11.8 Å². The van der Waals surface area contributed by atoms with Crippen LogP contribution in [0.3, 0.4) is 0 Å². The van der Waals surface area contributed by atoms with E-state index in [0.29, 0.717) is 35.3 Å². The van der Waals surface area contributed by atoms with E-state index in [1.807, 2.05) is 0 Å². The smallest absolute Gasteiger partial charge is 0.323 e. The topological polar surface area (TPSA) is 114 Å². The van der Waals surface area contributed by atoms with Gasteiger partial charge in [-0.05, 0) is 13.8 Å². The number of aromatic nitrogens is 4. The van der Waals surface area contributed by atoms with Gasteiger partial charge in [-0.25, -0.2) is 0 Å². The van der Waals surface area contributed by atoms with Gasteiger partial charge < -0.3 is 19.9 Å². The van der Waals surface area contributed by atoms with Crippen LogP contribution in [0.25, 0.3) is 0 Å². The minimum absolute atomic E-state index is 0.137. The summed E-state index contributed by atoms with van der Waals surface area (Å²) in [5.74, 6) is 0.191. The van der Waals surface area contributed by atoms with Crippen LogP contribution in [0.15, 0.2) is 6.07 Å². The lowest BCUT2D eigenvalue weighted by Crippen LogP contribution is -2.15. The number of aryl methyl sites for hydroxylation is 1. The molecular formula is C14H19N5O4. The van der Waals surface area contributed by atoms with Crippen LogP contribution in [0.4, 0.5) is 0 Å². The number of ether oxygens (including phenoxy) is 3. The molecule has 124 valence electrons. The van der Waals surface area contributed by atoms with Gasteiger partial charge in [-0.15, -0.1) is 0 Å². The number of carbonyl (C=O) groups is 1. The highest BCUT2D eigenvalue weighted by Crippen LogP contribution is 2.18. The monoisotopic (exact) mass is 321 g/mol. The number of primary amides is 1. The average Bonchev–Trinajstić information content (AvgIpc) is 2.81. The number of hydrogen-bond donors (Lipinski definition) is 1. The van der Waals surface area contributed by atoms with Crippen molar-refractivity contribution in [1.29, 1.82) is 0 Å². The summed E-state index contributed by atoms with van der Waals surface area (Å²) in [5, 5.41) is 4.28. The molecule has 9 heteroatoms. The summed E-state index contributed by atoms with van der Waals surface area (Å²) in [6, 6.07) is 1.69. The Kier molecular flexibility index (Phi) is 4.99. The summed E-state index contributed by atoms with van der Waals surface area (Å²) in [6.45, 7) is 4.20. The Balaban J connectivity index is 2.06. The van der Waals surface area contributed by atoms with Crippen LogP contribution in [0.5, 0.6) is 17.8 Å². The van der Waals surface area contributed by atoms with Crippen LogP contribution in [0.2, 0.25) is 0 Å². The van der Waals surface area contributed by atoms with Gasteiger partial charge in [0.05, 0.1) is 38.1 Å². The van der Waals surface area contributed by atoms with Gasteiger partial charge in [0, 0.05) is 5.69 Å². The summed E-state index contributed by atoms with van der Waals surface area (Å²) < 4.78 is 17.3. The number of carbonyl (C=O) groups excluding carboxylic acids is 1. The van der Waals surface area contributed by atoms with Crippen molar-refractivity contribution >= 4 is 5.91 Å². The van der Waals surface area contributed by atoms with Crippen LogP contribution < -0.4 is 19.9 Å². The van der Waals surface area contributed by atoms with Gasteiger partial charge in [0.15, 0.2) is 0 Å². The van der Waals surface area contributed by atoms with Crippen LogP contribution in [-0.4, -0.2) is 46.5 Å². The fourth-order valence-electron chi connectivity index (χ4n) is 2.15. The van der Waals surface area contributed by atoms with Gasteiger partial charge in [0.1, 0.15) is 6.61 Å². The number of methoxy groups -OCH3 is 2. The Morgan fingerprint density at radius 1 is 1.22 bits per heavy atom. The molecule has 2 aromatic heterocycles. The van der Waals surface area contributed by atoms with Crippen LogP contribution in [-0.2, 0) is 6.54 Å². The maximum Gasteiger partial charge on any atom is 0.323 e. The summed E-state index contributed by atoms with van der Waals surface area (Å²) in [7, 11) is 2.99.